The molecule has 0 aromatic heterocycles. The van der Waals surface area contributed by atoms with E-state index in [2.05, 4.69) is 11.8 Å². The van der Waals surface area contributed by atoms with Gasteiger partial charge in [0, 0.05) is 0 Å². The minimum Gasteiger partial charge on any atom is -0.301 e. The minimum absolute atomic E-state index is 0.107. The maximum atomic E-state index is 11.4. The van der Waals surface area contributed by atoms with Crippen molar-refractivity contribution in [2.75, 3.05) is 11.5 Å². The Morgan fingerprint density at radius 3 is 2.31 bits per heavy atom. The Balaban J connectivity index is 3.67. The van der Waals surface area contributed by atoms with Gasteiger partial charge in [-0.05, 0) is 6.42 Å². The standard InChI is InChI=1S/C10H20O5S/c1-2-3-4-5-6-8-16(13,14)9-7-10(11)15-12/h12H,2-9H2,1H3. The van der Waals surface area contributed by atoms with E-state index in [9.17, 15) is 13.2 Å². The Hall–Kier alpha value is -0.620. The summed E-state index contributed by atoms with van der Waals surface area (Å²) < 4.78 is 22.8. The second-order valence-electron chi connectivity index (χ2n) is 3.78. The Kier molecular flexibility index (Phi) is 8.19. The van der Waals surface area contributed by atoms with Crippen molar-refractivity contribution < 1.29 is 23.4 Å². The van der Waals surface area contributed by atoms with Crippen LogP contribution in [0.1, 0.15) is 45.4 Å². The topological polar surface area (TPSA) is 80.7 Å². The molecule has 0 aromatic rings. The van der Waals surface area contributed by atoms with Gasteiger partial charge >= 0.3 is 5.97 Å². The second kappa shape index (κ2) is 8.52. The first-order chi connectivity index (χ1) is 7.52. The van der Waals surface area contributed by atoms with Crippen LogP contribution < -0.4 is 0 Å². The van der Waals surface area contributed by atoms with E-state index in [0.29, 0.717) is 6.42 Å². The summed E-state index contributed by atoms with van der Waals surface area (Å²) in [5.74, 6) is -1.05. The summed E-state index contributed by atoms with van der Waals surface area (Å²) in [6.45, 7) is 2.09. The lowest BCUT2D eigenvalue weighted by atomic mass is 10.2. The van der Waals surface area contributed by atoms with Crippen molar-refractivity contribution in [1.29, 1.82) is 0 Å². The van der Waals surface area contributed by atoms with Gasteiger partial charge in [-0.1, -0.05) is 32.6 Å². The van der Waals surface area contributed by atoms with Crippen molar-refractivity contribution in [3.8, 4) is 0 Å². The third kappa shape index (κ3) is 8.67. The normalized spacial score (nSPS) is 11.4. The van der Waals surface area contributed by atoms with E-state index in [1.807, 2.05) is 0 Å². The van der Waals surface area contributed by atoms with Crippen LogP contribution in [-0.4, -0.2) is 31.2 Å². The highest BCUT2D eigenvalue weighted by molar-refractivity contribution is 7.91. The van der Waals surface area contributed by atoms with E-state index in [0.717, 1.165) is 25.7 Å². The zero-order valence-electron chi connectivity index (χ0n) is 9.65. The Labute approximate surface area is 96.6 Å². The largest absolute Gasteiger partial charge is 0.343 e. The van der Waals surface area contributed by atoms with Gasteiger partial charge in [0.05, 0.1) is 17.9 Å². The van der Waals surface area contributed by atoms with Gasteiger partial charge in [-0.3, -0.25) is 0 Å². The summed E-state index contributed by atoms with van der Waals surface area (Å²) in [6.07, 6.45) is 4.54. The molecule has 0 rings (SSSR count). The van der Waals surface area contributed by atoms with E-state index in [1.165, 1.54) is 0 Å². The molecule has 16 heavy (non-hydrogen) atoms. The van der Waals surface area contributed by atoms with Gasteiger partial charge in [-0.25, -0.2) is 13.2 Å². The molecule has 0 heterocycles. The third-order valence-corrected chi connectivity index (χ3v) is 4.01. The first kappa shape index (κ1) is 15.4. The van der Waals surface area contributed by atoms with Crippen molar-refractivity contribution in [1.82, 2.24) is 0 Å². The van der Waals surface area contributed by atoms with Crippen LogP contribution in [0.15, 0.2) is 0 Å². The number of carbonyl (C=O) groups excluding carboxylic acids is 1. The fourth-order valence-corrected chi connectivity index (χ4v) is 2.64. The minimum atomic E-state index is -3.19. The third-order valence-electron chi connectivity index (χ3n) is 2.28. The van der Waals surface area contributed by atoms with Gasteiger partial charge in [0.2, 0.25) is 0 Å². The molecule has 6 heteroatoms. The average Bonchev–Trinajstić information content (AvgIpc) is 2.25. The molecule has 1 N–H and O–H groups in total. The molecule has 0 amide bonds. The van der Waals surface area contributed by atoms with Gasteiger partial charge in [0.25, 0.3) is 0 Å². The molecular weight excluding hydrogens is 232 g/mol. The molecule has 0 aliphatic carbocycles. The van der Waals surface area contributed by atoms with E-state index in [-0.39, 0.29) is 17.9 Å². The quantitative estimate of drug-likeness (QED) is 0.384. The fourth-order valence-electron chi connectivity index (χ4n) is 1.31. The Morgan fingerprint density at radius 1 is 1.12 bits per heavy atom. The van der Waals surface area contributed by atoms with Crippen molar-refractivity contribution in [2.24, 2.45) is 0 Å². The summed E-state index contributed by atoms with van der Waals surface area (Å²) in [5.41, 5.74) is 0. The number of unbranched alkanes of at least 4 members (excludes halogenated alkanes) is 4. The lowest BCUT2D eigenvalue weighted by Crippen LogP contribution is -2.15. The van der Waals surface area contributed by atoms with Crippen LogP contribution in [0.5, 0.6) is 0 Å². The molecule has 0 spiro atoms. The van der Waals surface area contributed by atoms with Crippen LogP contribution in [0.3, 0.4) is 0 Å². The monoisotopic (exact) mass is 252 g/mol. The van der Waals surface area contributed by atoms with Crippen LogP contribution in [0.4, 0.5) is 0 Å². The molecular formula is C10H20O5S. The molecule has 0 aliphatic heterocycles. The molecule has 0 saturated heterocycles. The van der Waals surface area contributed by atoms with E-state index >= 15 is 0 Å². The number of carbonyl (C=O) groups is 1. The molecule has 0 saturated carbocycles. The lowest BCUT2D eigenvalue weighted by Gasteiger charge is -2.02. The molecule has 0 fully saturated rings. The lowest BCUT2D eigenvalue weighted by molar-refractivity contribution is -0.233. The summed E-state index contributed by atoms with van der Waals surface area (Å²) >= 11 is 0. The van der Waals surface area contributed by atoms with Crippen LogP contribution in [0.2, 0.25) is 0 Å². The van der Waals surface area contributed by atoms with Crippen molar-refractivity contribution in [3.05, 3.63) is 0 Å². The van der Waals surface area contributed by atoms with Gasteiger partial charge in [0.1, 0.15) is 0 Å². The van der Waals surface area contributed by atoms with Crippen LogP contribution in [0.25, 0.3) is 0 Å². The molecule has 0 radical (unpaired) electrons. The molecule has 0 aromatic carbocycles. The van der Waals surface area contributed by atoms with Crippen molar-refractivity contribution >= 4 is 15.8 Å². The summed E-state index contributed by atoms with van der Waals surface area (Å²) in [5, 5.41) is 7.96. The Morgan fingerprint density at radius 2 is 1.75 bits per heavy atom. The van der Waals surface area contributed by atoms with Crippen LogP contribution in [0, 0.1) is 0 Å². The molecule has 0 atom stereocenters. The van der Waals surface area contributed by atoms with Crippen LogP contribution >= 0.6 is 0 Å². The molecule has 0 unspecified atom stereocenters. The SMILES string of the molecule is CCCCCCCS(=O)(=O)CCC(=O)OO. The summed E-state index contributed by atoms with van der Waals surface area (Å²) in [6, 6.07) is 0. The number of rotatable bonds is 9. The molecule has 5 nitrogen and oxygen atoms in total. The average molecular weight is 252 g/mol. The molecule has 96 valence electrons. The second-order valence-corrected chi connectivity index (χ2v) is 6.08. The van der Waals surface area contributed by atoms with Crippen LogP contribution in [-0.2, 0) is 19.5 Å². The highest BCUT2D eigenvalue weighted by Crippen LogP contribution is 2.05. The highest BCUT2D eigenvalue weighted by atomic mass is 32.2. The Bertz CT molecular complexity index is 284. The van der Waals surface area contributed by atoms with Crippen molar-refractivity contribution in [2.45, 2.75) is 45.4 Å². The first-order valence-electron chi connectivity index (χ1n) is 5.56. The van der Waals surface area contributed by atoms with E-state index < -0.39 is 15.8 Å². The zero-order valence-corrected chi connectivity index (χ0v) is 10.5. The van der Waals surface area contributed by atoms with E-state index in [1.54, 1.807) is 0 Å². The van der Waals surface area contributed by atoms with Gasteiger partial charge in [-0.15, -0.1) is 0 Å². The maximum Gasteiger partial charge on any atom is 0.343 e. The fraction of sp³-hybridized carbons (Fsp3) is 0.900. The predicted octanol–water partition coefficient (Wildman–Crippen LogP) is 1.78. The number of hydrogen-bond acceptors (Lipinski definition) is 5. The van der Waals surface area contributed by atoms with E-state index in [4.69, 9.17) is 5.26 Å². The van der Waals surface area contributed by atoms with Gasteiger partial charge in [0.15, 0.2) is 9.84 Å². The number of hydrogen-bond donors (Lipinski definition) is 1. The number of sulfone groups is 1. The summed E-state index contributed by atoms with van der Waals surface area (Å²) in [7, 11) is -3.19. The molecule has 0 bridgehead atoms. The van der Waals surface area contributed by atoms with Gasteiger partial charge in [-0.2, -0.15) is 5.26 Å². The highest BCUT2D eigenvalue weighted by Gasteiger charge is 2.13. The van der Waals surface area contributed by atoms with Crippen molar-refractivity contribution in [3.63, 3.8) is 0 Å². The first-order valence-corrected chi connectivity index (χ1v) is 7.38. The maximum absolute atomic E-state index is 11.4. The smallest absolute Gasteiger partial charge is 0.301 e. The predicted molar refractivity (Wildman–Crippen MR) is 60.8 cm³/mol. The van der Waals surface area contributed by atoms with Gasteiger partial charge < -0.3 is 4.89 Å². The summed E-state index contributed by atoms with van der Waals surface area (Å²) in [4.78, 5) is 13.9. The molecule has 0 aliphatic rings. The zero-order chi connectivity index (χ0) is 12.4.